The van der Waals surface area contributed by atoms with Crippen molar-refractivity contribution in [2.45, 2.75) is 19.9 Å². The Morgan fingerprint density at radius 1 is 1.26 bits per heavy atom. The first kappa shape index (κ1) is 19.2. The molecule has 0 aliphatic heterocycles. The summed E-state index contributed by atoms with van der Waals surface area (Å²) >= 11 is 11.9. The summed E-state index contributed by atoms with van der Waals surface area (Å²) in [5, 5.41) is 18.2. The van der Waals surface area contributed by atoms with Gasteiger partial charge in [0.1, 0.15) is 0 Å². The van der Waals surface area contributed by atoms with Crippen LogP contribution in [-0.4, -0.2) is 32.4 Å². The van der Waals surface area contributed by atoms with Crippen molar-refractivity contribution in [2.75, 3.05) is 11.9 Å². The maximum Gasteiger partial charge on any atom is 0.354 e. The van der Waals surface area contributed by atoms with Crippen LogP contribution in [0.25, 0.3) is 11.1 Å². The summed E-state index contributed by atoms with van der Waals surface area (Å²) in [6.07, 6.45) is 3.23. The van der Waals surface area contributed by atoms with Gasteiger partial charge in [0.05, 0.1) is 22.3 Å². The smallest absolute Gasteiger partial charge is 0.354 e. The van der Waals surface area contributed by atoms with E-state index < -0.39 is 5.97 Å². The number of rotatable bonds is 6. The molecule has 0 radical (unpaired) electrons. The van der Waals surface area contributed by atoms with Gasteiger partial charge in [0.15, 0.2) is 5.69 Å². The van der Waals surface area contributed by atoms with E-state index in [0.29, 0.717) is 22.2 Å². The Hall–Kier alpha value is -2.57. The van der Waals surface area contributed by atoms with Crippen LogP contribution < -0.4 is 5.32 Å². The molecule has 2 heterocycles. The minimum absolute atomic E-state index is 0.143. The molecule has 1 aromatic carbocycles. The van der Waals surface area contributed by atoms with Crippen molar-refractivity contribution in [3.05, 3.63) is 64.2 Å². The fraction of sp³-hybridized carbons (Fsp3) is 0.211. The van der Waals surface area contributed by atoms with Crippen LogP contribution in [0.2, 0.25) is 10.0 Å². The fourth-order valence-corrected chi connectivity index (χ4v) is 3.09. The average Bonchev–Trinajstić information content (AvgIpc) is 3.08. The van der Waals surface area contributed by atoms with Gasteiger partial charge in [0, 0.05) is 29.7 Å². The van der Waals surface area contributed by atoms with Crippen LogP contribution in [0.15, 0.2) is 42.7 Å². The van der Waals surface area contributed by atoms with Crippen LogP contribution in [0, 0.1) is 6.92 Å². The minimum Gasteiger partial charge on any atom is -0.477 e. The number of hydrogen-bond donors (Lipinski definition) is 2. The van der Waals surface area contributed by atoms with Crippen LogP contribution in [-0.2, 0) is 0 Å². The Morgan fingerprint density at radius 2 is 2.04 bits per heavy atom. The number of carboxylic acids is 1. The highest BCUT2D eigenvalue weighted by molar-refractivity contribution is 6.42. The first-order chi connectivity index (χ1) is 12.9. The number of pyridine rings is 1. The van der Waals surface area contributed by atoms with Crippen LogP contribution >= 0.6 is 23.2 Å². The van der Waals surface area contributed by atoms with Crippen LogP contribution in [0.4, 0.5) is 5.69 Å². The van der Waals surface area contributed by atoms with E-state index in [0.717, 1.165) is 16.9 Å². The Kier molecular flexibility index (Phi) is 5.68. The molecule has 0 bridgehead atoms. The number of carboxylic acid groups (broad SMARTS) is 1. The van der Waals surface area contributed by atoms with E-state index in [1.165, 1.54) is 4.68 Å². The number of aromatic nitrogens is 3. The molecule has 0 aliphatic carbocycles. The SMILES string of the molecule is Cc1cc(-c2cnn([C@@H](C)CNc3ccc(Cl)c(Cl)c3)c2C(=O)O)ccn1. The second-order valence-corrected chi connectivity index (χ2v) is 7.02. The van der Waals surface area contributed by atoms with Gasteiger partial charge in [-0.05, 0) is 49.7 Å². The lowest BCUT2D eigenvalue weighted by Gasteiger charge is -2.16. The highest BCUT2D eigenvalue weighted by atomic mass is 35.5. The summed E-state index contributed by atoms with van der Waals surface area (Å²) < 4.78 is 1.51. The maximum atomic E-state index is 11.9. The number of aryl methyl sites for hydroxylation is 1. The molecule has 27 heavy (non-hydrogen) atoms. The molecule has 0 saturated heterocycles. The van der Waals surface area contributed by atoms with Gasteiger partial charge in [-0.15, -0.1) is 0 Å². The predicted octanol–water partition coefficient (Wildman–Crippen LogP) is 4.93. The average molecular weight is 405 g/mol. The third-order valence-electron chi connectivity index (χ3n) is 4.14. The molecule has 3 aromatic rings. The lowest BCUT2D eigenvalue weighted by molar-refractivity contribution is 0.0682. The highest BCUT2D eigenvalue weighted by Gasteiger charge is 2.22. The minimum atomic E-state index is -1.03. The van der Waals surface area contributed by atoms with Gasteiger partial charge in [0.25, 0.3) is 0 Å². The van der Waals surface area contributed by atoms with E-state index in [1.807, 2.05) is 26.0 Å². The lowest BCUT2D eigenvalue weighted by atomic mass is 10.1. The molecule has 0 fully saturated rings. The number of carbonyl (C=O) groups is 1. The number of anilines is 1. The van der Waals surface area contributed by atoms with Crippen molar-refractivity contribution >= 4 is 34.9 Å². The summed E-state index contributed by atoms with van der Waals surface area (Å²) in [5.74, 6) is -1.03. The number of halogens is 2. The van der Waals surface area contributed by atoms with E-state index >= 15 is 0 Å². The van der Waals surface area contributed by atoms with Gasteiger partial charge in [-0.1, -0.05) is 23.2 Å². The zero-order valence-corrected chi connectivity index (χ0v) is 16.3. The van der Waals surface area contributed by atoms with Gasteiger partial charge in [-0.2, -0.15) is 5.10 Å². The first-order valence-corrected chi connectivity index (χ1v) is 9.05. The van der Waals surface area contributed by atoms with Crippen LogP contribution in [0.1, 0.15) is 29.1 Å². The summed E-state index contributed by atoms with van der Waals surface area (Å²) in [4.78, 5) is 16.0. The molecule has 0 aliphatic rings. The third-order valence-corrected chi connectivity index (χ3v) is 4.88. The van der Waals surface area contributed by atoms with Crippen molar-refractivity contribution in [1.29, 1.82) is 0 Å². The molecule has 0 unspecified atom stereocenters. The highest BCUT2D eigenvalue weighted by Crippen LogP contribution is 2.27. The van der Waals surface area contributed by atoms with Crippen molar-refractivity contribution < 1.29 is 9.90 Å². The molecule has 6 nitrogen and oxygen atoms in total. The molecule has 3 rings (SSSR count). The maximum absolute atomic E-state index is 11.9. The van der Waals surface area contributed by atoms with Gasteiger partial charge in [0.2, 0.25) is 0 Å². The van der Waals surface area contributed by atoms with Gasteiger partial charge < -0.3 is 10.4 Å². The molecule has 0 spiro atoms. The lowest BCUT2D eigenvalue weighted by Crippen LogP contribution is -2.21. The van der Waals surface area contributed by atoms with Gasteiger partial charge in [-0.3, -0.25) is 9.67 Å². The van der Waals surface area contributed by atoms with E-state index in [9.17, 15) is 9.90 Å². The van der Waals surface area contributed by atoms with Crippen molar-refractivity contribution in [3.63, 3.8) is 0 Å². The zero-order valence-electron chi connectivity index (χ0n) is 14.8. The van der Waals surface area contributed by atoms with E-state index in [-0.39, 0.29) is 11.7 Å². The Balaban J connectivity index is 1.85. The Labute approximate surface area is 166 Å². The summed E-state index contributed by atoms with van der Waals surface area (Å²) in [5.41, 5.74) is 3.09. The summed E-state index contributed by atoms with van der Waals surface area (Å²) in [6.45, 7) is 4.22. The zero-order chi connectivity index (χ0) is 19.6. The fourth-order valence-electron chi connectivity index (χ4n) is 2.79. The standard InChI is InChI=1S/C19H18Cl2N4O2/c1-11-7-13(5-6-22-11)15-10-24-25(18(15)19(26)27)12(2)9-23-14-3-4-16(20)17(21)8-14/h3-8,10,12,23H,9H2,1-2H3,(H,26,27)/t12-/m0/s1. The molecular weight excluding hydrogens is 387 g/mol. The number of hydrogen-bond acceptors (Lipinski definition) is 4. The normalized spacial score (nSPS) is 12.0. The van der Waals surface area contributed by atoms with Gasteiger partial charge in [-0.25, -0.2) is 4.79 Å². The van der Waals surface area contributed by atoms with E-state index in [1.54, 1.807) is 30.6 Å². The Bertz CT molecular complexity index is 988. The molecule has 8 heteroatoms. The van der Waals surface area contributed by atoms with E-state index in [2.05, 4.69) is 15.4 Å². The predicted molar refractivity (Wildman–Crippen MR) is 107 cm³/mol. The molecule has 2 N–H and O–H groups in total. The second kappa shape index (κ2) is 7.98. The monoisotopic (exact) mass is 404 g/mol. The molecule has 140 valence electrons. The van der Waals surface area contributed by atoms with Gasteiger partial charge >= 0.3 is 5.97 Å². The molecular formula is C19H18Cl2N4O2. The summed E-state index contributed by atoms with van der Waals surface area (Å²) in [6, 6.07) is 8.65. The topological polar surface area (TPSA) is 80.0 Å². The molecule has 1 atom stereocenters. The van der Waals surface area contributed by atoms with Crippen LogP contribution in [0.3, 0.4) is 0 Å². The number of nitrogens with zero attached hydrogens (tertiary/aromatic N) is 3. The number of aromatic carboxylic acids is 1. The molecule has 0 saturated carbocycles. The first-order valence-electron chi connectivity index (χ1n) is 8.29. The quantitative estimate of drug-likeness (QED) is 0.608. The van der Waals surface area contributed by atoms with Crippen molar-refractivity contribution in [3.8, 4) is 11.1 Å². The summed E-state index contributed by atoms with van der Waals surface area (Å²) in [7, 11) is 0. The van der Waals surface area contributed by atoms with Crippen LogP contribution in [0.5, 0.6) is 0 Å². The molecule has 2 aromatic heterocycles. The molecule has 0 amide bonds. The largest absolute Gasteiger partial charge is 0.477 e. The van der Waals surface area contributed by atoms with Crippen molar-refractivity contribution in [1.82, 2.24) is 14.8 Å². The number of nitrogens with one attached hydrogen (secondary N) is 1. The third kappa shape index (κ3) is 4.23. The van der Waals surface area contributed by atoms with Crippen molar-refractivity contribution in [2.24, 2.45) is 0 Å². The second-order valence-electron chi connectivity index (χ2n) is 6.20. The number of benzene rings is 1. The van der Waals surface area contributed by atoms with E-state index in [4.69, 9.17) is 23.2 Å². The Morgan fingerprint density at radius 3 is 2.70 bits per heavy atom.